The average Bonchev–Trinajstić information content (AvgIpc) is 2.01. The number of hydrogen-bond donors (Lipinski definition) is 0. The van der Waals surface area contributed by atoms with Crippen molar-refractivity contribution in [2.45, 2.75) is 0 Å². The molecule has 0 heterocycles. The first kappa shape index (κ1) is 9.80. The molecule has 0 atom stereocenters. The quantitative estimate of drug-likeness (QED) is 0.522. The van der Waals surface area contributed by atoms with E-state index < -0.39 is 0 Å². The van der Waals surface area contributed by atoms with Gasteiger partial charge in [0.15, 0.2) is 0 Å². The second-order valence-corrected chi connectivity index (χ2v) is 4.60. The zero-order valence-corrected chi connectivity index (χ0v) is 11.0. The molecule has 1 nitrogen and oxygen atoms in total. The van der Waals surface area contributed by atoms with Crippen LogP contribution in [0.1, 0.15) is 0 Å². The van der Waals surface area contributed by atoms with Crippen molar-refractivity contribution in [3.8, 4) is 5.75 Å². The molecule has 0 spiro atoms. The van der Waals surface area contributed by atoms with E-state index in [1.807, 2.05) is 12.1 Å². The lowest BCUT2D eigenvalue weighted by molar-refractivity contribution is 0.411. The van der Waals surface area contributed by atoms with E-state index >= 15 is 0 Å². The minimum Gasteiger partial charge on any atom is -0.496 e. The standard InChI is InChI=1S/C7H5Br2IO/c1-11-5-3-2-4(8)7(10)6(5)9/h2-3H,1H3. The fraction of sp³-hybridized carbons (Fsp3) is 0.143. The highest BCUT2D eigenvalue weighted by Gasteiger charge is 2.06. The molecule has 0 bridgehead atoms. The van der Waals surface area contributed by atoms with Crippen LogP contribution in [-0.4, -0.2) is 7.11 Å². The Morgan fingerprint density at radius 2 is 2.00 bits per heavy atom. The number of ether oxygens (including phenoxy) is 1. The van der Waals surface area contributed by atoms with Gasteiger partial charge in [-0.2, -0.15) is 0 Å². The van der Waals surface area contributed by atoms with Gasteiger partial charge in [-0.05, 0) is 66.6 Å². The van der Waals surface area contributed by atoms with Crippen molar-refractivity contribution >= 4 is 54.5 Å². The van der Waals surface area contributed by atoms with E-state index in [9.17, 15) is 0 Å². The van der Waals surface area contributed by atoms with E-state index in [0.717, 1.165) is 18.3 Å². The highest BCUT2D eigenvalue weighted by molar-refractivity contribution is 14.1. The molecule has 0 amide bonds. The predicted molar refractivity (Wildman–Crippen MR) is 61.1 cm³/mol. The van der Waals surface area contributed by atoms with Crippen LogP contribution in [0.25, 0.3) is 0 Å². The maximum atomic E-state index is 5.11. The van der Waals surface area contributed by atoms with Crippen molar-refractivity contribution in [3.63, 3.8) is 0 Å². The Balaban J connectivity index is 3.25. The monoisotopic (exact) mass is 390 g/mol. The summed E-state index contributed by atoms with van der Waals surface area (Å²) in [5.41, 5.74) is 0. The Morgan fingerprint density at radius 3 is 2.55 bits per heavy atom. The van der Waals surface area contributed by atoms with Gasteiger partial charge in [-0.25, -0.2) is 0 Å². The van der Waals surface area contributed by atoms with Crippen LogP contribution < -0.4 is 4.74 Å². The maximum absolute atomic E-state index is 5.11. The van der Waals surface area contributed by atoms with Gasteiger partial charge in [0.1, 0.15) is 5.75 Å². The molecule has 1 aromatic carbocycles. The summed E-state index contributed by atoms with van der Waals surface area (Å²) in [5, 5.41) is 0. The minimum atomic E-state index is 0.859. The third-order valence-corrected chi connectivity index (χ3v) is 5.27. The van der Waals surface area contributed by atoms with E-state index in [1.165, 1.54) is 0 Å². The van der Waals surface area contributed by atoms with Crippen molar-refractivity contribution in [2.75, 3.05) is 7.11 Å². The lowest BCUT2D eigenvalue weighted by atomic mass is 10.3. The zero-order chi connectivity index (χ0) is 8.43. The van der Waals surface area contributed by atoms with Crippen LogP contribution >= 0.6 is 54.5 Å². The van der Waals surface area contributed by atoms with Crippen LogP contribution in [0.3, 0.4) is 0 Å². The van der Waals surface area contributed by atoms with Gasteiger partial charge in [0.25, 0.3) is 0 Å². The molecule has 0 unspecified atom stereocenters. The molecular weight excluding hydrogens is 387 g/mol. The van der Waals surface area contributed by atoms with Crippen molar-refractivity contribution in [1.29, 1.82) is 0 Å². The minimum absolute atomic E-state index is 0.859. The van der Waals surface area contributed by atoms with Crippen molar-refractivity contribution in [3.05, 3.63) is 24.6 Å². The lowest BCUT2D eigenvalue weighted by Gasteiger charge is -2.05. The van der Waals surface area contributed by atoms with Gasteiger partial charge in [0.05, 0.1) is 11.6 Å². The summed E-state index contributed by atoms with van der Waals surface area (Å²) >= 11 is 9.09. The van der Waals surface area contributed by atoms with Crippen molar-refractivity contribution < 1.29 is 4.74 Å². The predicted octanol–water partition coefficient (Wildman–Crippen LogP) is 3.82. The smallest absolute Gasteiger partial charge is 0.134 e. The highest BCUT2D eigenvalue weighted by atomic mass is 127. The molecule has 0 N–H and O–H groups in total. The van der Waals surface area contributed by atoms with Crippen molar-refractivity contribution in [1.82, 2.24) is 0 Å². The third kappa shape index (κ3) is 2.09. The molecule has 0 aliphatic rings. The molecule has 60 valence electrons. The van der Waals surface area contributed by atoms with Gasteiger partial charge < -0.3 is 4.74 Å². The van der Waals surface area contributed by atoms with Gasteiger partial charge >= 0.3 is 0 Å². The summed E-state index contributed by atoms with van der Waals surface area (Å²) in [5.74, 6) is 0.859. The second kappa shape index (κ2) is 4.09. The maximum Gasteiger partial charge on any atom is 0.134 e. The first-order valence-electron chi connectivity index (χ1n) is 2.84. The molecule has 0 aliphatic heterocycles. The molecule has 0 radical (unpaired) electrons. The largest absolute Gasteiger partial charge is 0.496 e. The van der Waals surface area contributed by atoms with Crippen LogP contribution in [0, 0.1) is 3.57 Å². The lowest BCUT2D eigenvalue weighted by Crippen LogP contribution is -1.86. The molecular formula is C7H5Br2IO. The van der Waals surface area contributed by atoms with Gasteiger partial charge in [-0.3, -0.25) is 0 Å². The summed E-state index contributed by atoms with van der Waals surface area (Å²) in [6.07, 6.45) is 0. The van der Waals surface area contributed by atoms with Gasteiger partial charge in [0, 0.05) is 8.04 Å². The Hall–Kier alpha value is 0.710. The SMILES string of the molecule is COc1ccc(Br)c(I)c1Br. The zero-order valence-electron chi connectivity index (χ0n) is 5.70. The molecule has 0 fully saturated rings. The second-order valence-electron chi connectivity index (χ2n) is 1.88. The number of halogens is 3. The number of hydrogen-bond acceptors (Lipinski definition) is 1. The molecule has 1 aromatic rings. The van der Waals surface area contributed by atoms with Crippen LogP contribution in [0.5, 0.6) is 5.75 Å². The molecule has 0 saturated heterocycles. The van der Waals surface area contributed by atoms with Crippen molar-refractivity contribution in [2.24, 2.45) is 0 Å². The number of benzene rings is 1. The van der Waals surface area contributed by atoms with E-state index in [0.29, 0.717) is 0 Å². The summed E-state index contributed by atoms with van der Waals surface area (Å²) in [6.45, 7) is 0. The summed E-state index contributed by atoms with van der Waals surface area (Å²) in [6, 6.07) is 3.88. The first-order valence-corrected chi connectivity index (χ1v) is 5.50. The highest BCUT2D eigenvalue weighted by Crippen LogP contribution is 2.34. The summed E-state index contributed by atoms with van der Waals surface area (Å²) in [7, 11) is 1.66. The van der Waals surface area contributed by atoms with Crippen LogP contribution in [0.2, 0.25) is 0 Å². The first-order chi connectivity index (χ1) is 5.16. The Bertz CT molecular complexity index is 275. The Labute approximate surface area is 95.9 Å². The molecule has 1 rings (SSSR count). The van der Waals surface area contributed by atoms with E-state index in [1.54, 1.807) is 7.11 Å². The molecule has 0 aromatic heterocycles. The van der Waals surface area contributed by atoms with Crippen LogP contribution in [-0.2, 0) is 0 Å². The Kier molecular flexibility index (Phi) is 3.64. The molecule has 4 heteroatoms. The summed E-state index contributed by atoms with van der Waals surface area (Å²) < 4.78 is 8.31. The molecule has 0 saturated carbocycles. The molecule has 0 aliphatic carbocycles. The fourth-order valence-electron chi connectivity index (χ4n) is 0.666. The van der Waals surface area contributed by atoms with Crippen LogP contribution in [0.4, 0.5) is 0 Å². The van der Waals surface area contributed by atoms with E-state index in [2.05, 4.69) is 54.5 Å². The third-order valence-electron chi connectivity index (χ3n) is 1.22. The average molecular weight is 392 g/mol. The fourth-order valence-corrected chi connectivity index (χ4v) is 2.22. The van der Waals surface area contributed by atoms with Gasteiger partial charge in [0.2, 0.25) is 0 Å². The van der Waals surface area contributed by atoms with E-state index in [-0.39, 0.29) is 0 Å². The molecule has 11 heavy (non-hydrogen) atoms. The summed E-state index contributed by atoms with van der Waals surface area (Å²) in [4.78, 5) is 0. The van der Waals surface area contributed by atoms with E-state index in [4.69, 9.17) is 4.74 Å². The number of methoxy groups -OCH3 is 1. The van der Waals surface area contributed by atoms with Gasteiger partial charge in [-0.1, -0.05) is 0 Å². The number of rotatable bonds is 1. The Morgan fingerprint density at radius 1 is 1.36 bits per heavy atom. The normalized spacial score (nSPS) is 9.82. The van der Waals surface area contributed by atoms with Gasteiger partial charge in [-0.15, -0.1) is 0 Å². The van der Waals surface area contributed by atoms with Crippen LogP contribution in [0.15, 0.2) is 21.1 Å². The topological polar surface area (TPSA) is 9.23 Å².